The third kappa shape index (κ3) is 25.4. The summed E-state index contributed by atoms with van der Waals surface area (Å²) in [7, 11) is 0. The lowest BCUT2D eigenvalue weighted by molar-refractivity contribution is 0.543. The first-order chi connectivity index (χ1) is 19.3. The number of hydrogen-bond acceptors (Lipinski definition) is 2. The number of unbranched alkanes of at least 4 members (excludes halogenated alkanes) is 24. The minimum Gasteiger partial charge on any atom is -0.126 e. The summed E-state index contributed by atoms with van der Waals surface area (Å²) in [5, 5.41) is 0. The van der Waals surface area contributed by atoms with Crippen LogP contribution in [0.5, 0.6) is 0 Å². The Morgan fingerprint density at radius 1 is 0.385 bits per heavy atom. The zero-order valence-corrected chi connectivity index (χ0v) is 28.2. The lowest BCUT2D eigenvalue weighted by Crippen LogP contribution is -1.87. The van der Waals surface area contributed by atoms with Gasteiger partial charge in [0.2, 0.25) is 0 Å². The zero-order valence-electron chi connectivity index (χ0n) is 26.6. The predicted molar refractivity (Wildman–Crippen MR) is 184 cm³/mol. The monoisotopic (exact) mass is 575 g/mol. The molecule has 227 valence electrons. The molecule has 0 saturated heterocycles. The van der Waals surface area contributed by atoms with Gasteiger partial charge in [0.1, 0.15) is 0 Å². The topological polar surface area (TPSA) is 0 Å². The first kappa shape index (κ1) is 36.9. The lowest BCUT2D eigenvalue weighted by atomic mass is 10.1. The van der Waals surface area contributed by atoms with Gasteiger partial charge in [-0.1, -0.05) is 168 Å². The summed E-state index contributed by atoms with van der Waals surface area (Å²) >= 11 is 4.08. The normalized spacial score (nSPS) is 11.5. The summed E-state index contributed by atoms with van der Waals surface area (Å²) in [6.07, 6.45) is 37.2. The number of thioether (sulfide) groups is 2. The van der Waals surface area contributed by atoms with Crippen molar-refractivity contribution in [2.45, 2.75) is 191 Å². The fourth-order valence-electron chi connectivity index (χ4n) is 5.42. The SMILES string of the molecule is [CH2]c1cc(SCCCCCCCCCCCCCCC)cc(SCCCCCCCCCCCCCCC)c1. The summed E-state index contributed by atoms with van der Waals surface area (Å²) < 4.78 is 0. The summed E-state index contributed by atoms with van der Waals surface area (Å²) in [5.41, 5.74) is 1.18. The Morgan fingerprint density at radius 3 is 0.923 bits per heavy atom. The van der Waals surface area contributed by atoms with E-state index in [-0.39, 0.29) is 0 Å². The van der Waals surface area contributed by atoms with E-state index in [1.165, 1.54) is 194 Å². The molecule has 0 amide bonds. The molecule has 0 saturated carbocycles. The third-order valence-corrected chi connectivity index (χ3v) is 10.1. The highest BCUT2D eigenvalue weighted by atomic mass is 32.2. The van der Waals surface area contributed by atoms with Crippen LogP contribution in [0.15, 0.2) is 28.0 Å². The van der Waals surface area contributed by atoms with Crippen LogP contribution in [0.25, 0.3) is 0 Å². The fraction of sp³-hybridized carbons (Fsp3) is 0.811. The molecule has 0 aromatic heterocycles. The average Bonchev–Trinajstić information content (AvgIpc) is 2.93. The molecule has 1 radical (unpaired) electrons. The van der Waals surface area contributed by atoms with Gasteiger partial charge in [-0.05, 0) is 55.0 Å². The van der Waals surface area contributed by atoms with Gasteiger partial charge >= 0.3 is 0 Å². The Kier molecular flexibility index (Phi) is 27.9. The maximum Gasteiger partial charge on any atom is 0.00858 e. The first-order valence-corrected chi connectivity index (χ1v) is 19.5. The highest BCUT2D eigenvalue weighted by molar-refractivity contribution is 8.00. The molecule has 0 fully saturated rings. The van der Waals surface area contributed by atoms with E-state index in [0.29, 0.717) is 0 Å². The molecule has 0 bridgehead atoms. The Hall–Kier alpha value is -0.0800. The second kappa shape index (κ2) is 29.4. The van der Waals surface area contributed by atoms with Crippen LogP contribution in [0.1, 0.15) is 186 Å². The molecule has 0 unspecified atom stereocenters. The van der Waals surface area contributed by atoms with E-state index < -0.39 is 0 Å². The van der Waals surface area contributed by atoms with Crippen LogP contribution in [0.2, 0.25) is 0 Å². The van der Waals surface area contributed by atoms with Crippen molar-refractivity contribution in [1.29, 1.82) is 0 Å². The third-order valence-electron chi connectivity index (χ3n) is 7.97. The quantitative estimate of drug-likeness (QED) is 0.0661. The fourth-order valence-corrected chi connectivity index (χ4v) is 7.55. The minimum absolute atomic E-state index is 1.18. The highest BCUT2D eigenvalue weighted by Gasteiger charge is 2.02. The van der Waals surface area contributed by atoms with E-state index in [2.05, 4.69) is 39.0 Å². The van der Waals surface area contributed by atoms with Gasteiger partial charge in [0, 0.05) is 9.79 Å². The number of rotatable bonds is 30. The average molecular weight is 576 g/mol. The molecular weight excluding hydrogens is 509 g/mol. The molecular formula is C37H67S2. The molecule has 0 atom stereocenters. The molecule has 1 rings (SSSR count). The van der Waals surface area contributed by atoms with Gasteiger partial charge in [-0.25, -0.2) is 0 Å². The molecule has 39 heavy (non-hydrogen) atoms. The van der Waals surface area contributed by atoms with Crippen LogP contribution in [0.4, 0.5) is 0 Å². The van der Waals surface area contributed by atoms with Crippen molar-refractivity contribution in [3.63, 3.8) is 0 Å². The van der Waals surface area contributed by atoms with Gasteiger partial charge < -0.3 is 0 Å². The maximum absolute atomic E-state index is 4.25. The van der Waals surface area contributed by atoms with Crippen molar-refractivity contribution < 1.29 is 0 Å². The van der Waals surface area contributed by atoms with Crippen molar-refractivity contribution in [3.05, 3.63) is 30.7 Å². The largest absolute Gasteiger partial charge is 0.126 e. The van der Waals surface area contributed by atoms with Crippen LogP contribution in [-0.2, 0) is 0 Å². The van der Waals surface area contributed by atoms with Crippen molar-refractivity contribution in [1.82, 2.24) is 0 Å². The zero-order chi connectivity index (χ0) is 28.1. The first-order valence-electron chi connectivity index (χ1n) is 17.5. The van der Waals surface area contributed by atoms with Gasteiger partial charge in [0.15, 0.2) is 0 Å². The van der Waals surface area contributed by atoms with Crippen LogP contribution >= 0.6 is 23.5 Å². The van der Waals surface area contributed by atoms with Crippen molar-refractivity contribution in [2.75, 3.05) is 11.5 Å². The summed E-state index contributed by atoms with van der Waals surface area (Å²) in [6.45, 7) is 8.85. The Labute approximate surface area is 255 Å². The Morgan fingerprint density at radius 2 is 0.641 bits per heavy atom. The van der Waals surface area contributed by atoms with Crippen molar-refractivity contribution in [2.24, 2.45) is 0 Å². The highest BCUT2D eigenvalue weighted by Crippen LogP contribution is 2.29. The Bertz CT molecular complexity index is 576. The van der Waals surface area contributed by atoms with E-state index in [0.717, 1.165) is 0 Å². The predicted octanol–water partition coefficient (Wildman–Crippen LogP) is 14.2. The lowest BCUT2D eigenvalue weighted by Gasteiger charge is -2.08. The van der Waals surface area contributed by atoms with Crippen LogP contribution < -0.4 is 0 Å². The number of benzene rings is 1. The standard InChI is InChI=1S/C37H67S2/c1-4-6-8-10-12-14-16-18-20-22-24-26-28-30-38-36-32-35(3)33-37(34-36)39-31-29-27-25-23-21-19-17-15-13-11-9-7-5-2/h32-34H,3-31H2,1-2H3. The molecule has 2 heteroatoms. The maximum atomic E-state index is 4.25. The second-order valence-corrected chi connectivity index (χ2v) is 14.3. The van der Waals surface area contributed by atoms with Crippen molar-refractivity contribution >= 4 is 23.5 Å². The number of hydrogen-bond donors (Lipinski definition) is 0. The van der Waals surface area contributed by atoms with Crippen molar-refractivity contribution in [3.8, 4) is 0 Å². The second-order valence-electron chi connectivity index (χ2n) is 12.0. The molecule has 1 aromatic rings. The molecule has 0 spiro atoms. The molecule has 1 aromatic carbocycles. The van der Waals surface area contributed by atoms with E-state index in [4.69, 9.17) is 0 Å². The van der Waals surface area contributed by atoms with Crippen LogP contribution in [0.3, 0.4) is 0 Å². The van der Waals surface area contributed by atoms with Crippen LogP contribution in [-0.4, -0.2) is 11.5 Å². The summed E-state index contributed by atoms with van der Waals surface area (Å²) in [5.74, 6) is 2.51. The van der Waals surface area contributed by atoms with Gasteiger partial charge in [0.05, 0.1) is 0 Å². The summed E-state index contributed by atoms with van der Waals surface area (Å²) in [6, 6.07) is 6.97. The molecule has 0 nitrogen and oxygen atoms in total. The Balaban J connectivity index is 1.95. The van der Waals surface area contributed by atoms with E-state index >= 15 is 0 Å². The van der Waals surface area contributed by atoms with E-state index in [1.807, 2.05) is 23.5 Å². The van der Waals surface area contributed by atoms with E-state index in [9.17, 15) is 0 Å². The van der Waals surface area contributed by atoms with Crippen LogP contribution in [0, 0.1) is 6.92 Å². The molecule has 0 heterocycles. The molecule has 0 aliphatic carbocycles. The molecule has 0 aliphatic heterocycles. The summed E-state index contributed by atoms with van der Waals surface area (Å²) in [4.78, 5) is 2.85. The minimum atomic E-state index is 1.18. The molecule has 0 aliphatic rings. The smallest absolute Gasteiger partial charge is 0.00858 e. The van der Waals surface area contributed by atoms with E-state index in [1.54, 1.807) is 0 Å². The van der Waals surface area contributed by atoms with Gasteiger partial charge in [-0.15, -0.1) is 23.5 Å². The van der Waals surface area contributed by atoms with Gasteiger partial charge in [0.25, 0.3) is 0 Å². The molecule has 0 N–H and O–H groups in total. The van der Waals surface area contributed by atoms with Gasteiger partial charge in [-0.3, -0.25) is 0 Å². The van der Waals surface area contributed by atoms with Gasteiger partial charge in [-0.2, -0.15) is 0 Å².